The van der Waals surface area contributed by atoms with Crippen LogP contribution in [0, 0.1) is 6.92 Å². The fourth-order valence-electron chi connectivity index (χ4n) is 3.35. The highest BCUT2D eigenvalue weighted by molar-refractivity contribution is 7.90. The summed E-state index contributed by atoms with van der Waals surface area (Å²) < 4.78 is 31.1. The first-order chi connectivity index (χ1) is 13.4. The van der Waals surface area contributed by atoms with Gasteiger partial charge in [0.15, 0.2) is 9.84 Å². The van der Waals surface area contributed by atoms with E-state index < -0.39 is 9.84 Å². The lowest BCUT2D eigenvalue weighted by atomic mass is 10.1. The Balaban J connectivity index is 1.82. The maximum atomic E-state index is 12.9. The standard InChI is InChI=1S/C20H19N3O4S/c1-13-7-3-5-9-17(13)23-19(15-11-28(25,26)12-16(15)22-23)21-20(24)14-8-4-6-10-18(14)27-2/h3-10H,11-12H2,1-2H3,(H,21,24). The number of nitrogens with one attached hydrogen (secondary N) is 1. The van der Waals surface area contributed by atoms with Crippen molar-refractivity contribution in [2.75, 3.05) is 12.4 Å². The predicted molar refractivity (Wildman–Crippen MR) is 106 cm³/mol. The van der Waals surface area contributed by atoms with Gasteiger partial charge in [-0.2, -0.15) is 5.10 Å². The van der Waals surface area contributed by atoms with Crippen molar-refractivity contribution in [3.8, 4) is 11.4 Å². The van der Waals surface area contributed by atoms with Crippen LogP contribution in [0.3, 0.4) is 0 Å². The van der Waals surface area contributed by atoms with Crippen molar-refractivity contribution >= 4 is 21.6 Å². The summed E-state index contributed by atoms with van der Waals surface area (Å²) in [6, 6.07) is 14.5. The number of aryl methyl sites for hydroxylation is 1. The van der Waals surface area contributed by atoms with Gasteiger partial charge in [0, 0.05) is 5.56 Å². The van der Waals surface area contributed by atoms with Gasteiger partial charge >= 0.3 is 0 Å². The number of fused-ring (bicyclic) bond motifs is 1. The highest BCUT2D eigenvalue weighted by Gasteiger charge is 2.33. The van der Waals surface area contributed by atoms with Crippen LogP contribution in [-0.2, 0) is 21.3 Å². The number of sulfone groups is 1. The Bertz CT molecular complexity index is 1180. The van der Waals surface area contributed by atoms with E-state index >= 15 is 0 Å². The number of carbonyl (C=O) groups excluding carboxylic acids is 1. The Kier molecular flexibility index (Phi) is 4.43. The minimum atomic E-state index is -3.26. The molecule has 1 amide bonds. The van der Waals surface area contributed by atoms with Gasteiger partial charge < -0.3 is 10.1 Å². The number of amides is 1. The van der Waals surface area contributed by atoms with E-state index in [1.165, 1.54) is 7.11 Å². The van der Waals surface area contributed by atoms with Crippen molar-refractivity contribution in [2.45, 2.75) is 18.4 Å². The number of ether oxygens (including phenoxy) is 1. The molecule has 0 saturated heterocycles. The van der Waals surface area contributed by atoms with Crippen molar-refractivity contribution < 1.29 is 17.9 Å². The zero-order valence-electron chi connectivity index (χ0n) is 15.5. The molecule has 1 N–H and O–H groups in total. The second-order valence-electron chi connectivity index (χ2n) is 6.66. The van der Waals surface area contributed by atoms with E-state index in [9.17, 15) is 13.2 Å². The van der Waals surface area contributed by atoms with Gasteiger partial charge in [-0.25, -0.2) is 13.1 Å². The number of para-hydroxylation sites is 2. The lowest BCUT2D eigenvalue weighted by molar-refractivity contribution is 0.102. The molecule has 0 spiro atoms. The van der Waals surface area contributed by atoms with Gasteiger partial charge in [0.05, 0.1) is 35.6 Å². The Morgan fingerprint density at radius 1 is 1.11 bits per heavy atom. The maximum absolute atomic E-state index is 12.9. The number of carbonyl (C=O) groups is 1. The van der Waals surface area contributed by atoms with Crippen LogP contribution in [0.2, 0.25) is 0 Å². The summed E-state index contributed by atoms with van der Waals surface area (Å²) >= 11 is 0. The van der Waals surface area contributed by atoms with E-state index in [2.05, 4.69) is 10.4 Å². The molecule has 0 radical (unpaired) electrons. The monoisotopic (exact) mass is 397 g/mol. The van der Waals surface area contributed by atoms with Gasteiger partial charge in [-0.05, 0) is 30.7 Å². The summed E-state index contributed by atoms with van der Waals surface area (Å²) in [6.07, 6.45) is 0. The Morgan fingerprint density at radius 3 is 2.57 bits per heavy atom. The molecule has 144 valence electrons. The van der Waals surface area contributed by atoms with E-state index in [1.807, 2.05) is 31.2 Å². The summed E-state index contributed by atoms with van der Waals surface area (Å²) in [5.74, 6) is 0.154. The molecule has 4 rings (SSSR count). The molecular weight excluding hydrogens is 378 g/mol. The third-order valence-corrected chi connectivity index (χ3v) is 6.16. The molecule has 2 heterocycles. The molecule has 7 nitrogen and oxygen atoms in total. The molecule has 0 saturated carbocycles. The fourth-order valence-corrected chi connectivity index (χ4v) is 4.85. The molecule has 1 aliphatic rings. The summed E-state index contributed by atoms with van der Waals surface area (Å²) in [4.78, 5) is 12.9. The van der Waals surface area contributed by atoms with Crippen LogP contribution in [0.1, 0.15) is 27.2 Å². The van der Waals surface area contributed by atoms with E-state index in [-0.39, 0.29) is 17.4 Å². The van der Waals surface area contributed by atoms with Gasteiger partial charge in [-0.15, -0.1) is 0 Å². The van der Waals surface area contributed by atoms with Crippen molar-refractivity contribution in [1.29, 1.82) is 0 Å². The lowest BCUT2D eigenvalue weighted by Crippen LogP contribution is -2.18. The molecule has 3 aromatic rings. The van der Waals surface area contributed by atoms with Crippen LogP contribution in [-0.4, -0.2) is 31.2 Å². The number of nitrogens with zero attached hydrogens (tertiary/aromatic N) is 2. The zero-order valence-corrected chi connectivity index (χ0v) is 16.3. The fraction of sp³-hybridized carbons (Fsp3) is 0.200. The van der Waals surface area contributed by atoms with Crippen LogP contribution in [0.25, 0.3) is 5.69 Å². The predicted octanol–water partition coefficient (Wildman–Crippen LogP) is 2.87. The molecule has 0 bridgehead atoms. The highest BCUT2D eigenvalue weighted by Crippen LogP contribution is 2.34. The smallest absolute Gasteiger partial charge is 0.260 e. The van der Waals surface area contributed by atoms with Gasteiger partial charge in [0.2, 0.25) is 0 Å². The topological polar surface area (TPSA) is 90.3 Å². The molecule has 0 aliphatic carbocycles. The molecule has 28 heavy (non-hydrogen) atoms. The van der Waals surface area contributed by atoms with E-state index in [0.29, 0.717) is 28.4 Å². The summed E-state index contributed by atoms with van der Waals surface area (Å²) in [5, 5.41) is 7.36. The molecule has 8 heteroatoms. The van der Waals surface area contributed by atoms with E-state index in [1.54, 1.807) is 28.9 Å². The van der Waals surface area contributed by atoms with Gasteiger partial charge in [-0.1, -0.05) is 30.3 Å². The molecule has 0 fully saturated rings. The normalized spacial score (nSPS) is 14.5. The number of methoxy groups -OCH3 is 1. The average molecular weight is 397 g/mol. The van der Waals surface area contributed by atoms with E-state index in [4.69, 9.17) is 4.74 Å². The van der Waals surface area contributed by atoms with Gasteiger partial charge in [0.1, 0.15) is 11.6 Å². The number of benzene rings is 2. The van der Waals surface area contributed by atoms with Crippen molar-refractivity contribution in [3.05, 3.63) is 70.9 Å². The van der Waals surface area contributed by atoms with Crippen LogP contribution in [0.4, 0.5) is 5.82 Å². The molecule has 1 aliphatic heterocycles. The van der Waals surface area contributed by atoms with E-state index in [0.717, 1.165) is 11.3 Å². The third kappa shape index (κ3) is 3.16. The number of rotatable bonds is 4. The molecule has 0 unspecified atom stereocenters. The quantitative estimate of drug-likeness (QED) is 0.731. The Hall–Kier alpha value is -3.13. The van der Waals surface area contributed by atoms with Crippen molar-refractivity contribution in [1.82, 2.24) is 9.78 Å². The Labute approximate surface area is 162 Å². The second-order valence-corrected chi connectivity index (χ2v) is 8.72. The minimum Gasteiger partial charge on any atom is -0.496 e. The molecule has 2 aromatic carbocycles. The first kappa shape index (κ1) is 18.2. The number of hydrogen-bond donors (Lipinski definition) is 1. The first-order valence-corrected chi connectivity index (χ1v) is 10.5. The van der Waals surface area contributed by atoms with Crippen LogP contribution < -0.4 is 10.1 Å². The maximum Gasteiger partial charge on any atom is 0.260 e. The van der Waals surface area contributed by atoms with Crippen LogP contribution in [0.15, 0.2) is 48.5 Å². The van der Waals surface area contributed by atoms with Gasteiger partial charge in [0.25, 0.3) is 5.91 Å². The summed E-state index contributed by atoms with van der Waals surface area (Å²) in [5.41, 5.74) is 3.10. The minimum absolute atomic E-state index is 0.126. The molecular formula is C20H19N3O4S. The summed E-state index contributed by atoms with van der Waals surface area (Å²) in [6.45, 7) is 1.94. The summed E-state index contributed by atoms with van der Waals surface area (Å²) in [7, 11) is -1.76. The number of anilines is 1. The number of hydrogen-bond acceptors (Lipinski definition) is 5. The number of aromatic nitrogens is 2. The van der Waals surface area contributed by atoms with Crippen molar-refractivity contribution in [3.63, 3.8) is 0 Å². The molecule has 0 atom stereocenters. The average Bonchev–Trinajstić information content (AvgIpc) is 3.14. The zero-order chi connectivity index (χ0) is 19.9. The second kappa shape index (κ2) is 6.79. The first-order valence-electron chi connectivity index (χ1n) is 8.71. The lowest BCUT2D eigenvalue weighted by Gasteiger charge is -2.14. The van der Waals surface area contributed by atoms with Gasteiger partial charge in [-0.3, -0.25) is 4.79 Å². The van der Waals surface area contributed by atoms with Crippen molar-refractivity contribution in [2.24, 2.45) is 0 Å². The SMILES string of the molecule is COc1ccccc1C(=O)Nc1c2c(nn1-c1ccccc1C)CS(=O)(=O)C2. The highest BCUT2D eigenvalue weighted by atomic mass is 32.2. The van der Waals surface area contributed by atoms with Crippen LogP contribution in [0.5, 0.6) is 5.75 Å². The Morgan fingerprint density at radius 2 is 1.82 bits per heavy atom. The molecule has 1 aromatic heterocycles. The van der Waals surface area contributed by atoms with Crippen LogP contribution >= 0.6 is 0 Å². The third-order valence-electron chi connectivity index (χ3n) is 4.71. The largest absolute Gasteiger partial charge is 0.496 e.